The molecule has 32 heavy (non-hydrogen) atoms. The van der Waals surface area contributed by atoms with E-state index in [1.165, 1.54) is 10.6 Å². The van der Waals surface area contributed by atoms with Gasteiger partial charge in [0, 0.05) is 42.7 Å². The molecule has 1 aromatic carbocycles. The molecule has 1 N–H and O–H groups in total. The SMILES string of the molecule is CCCCCc1nc(-c2ccc(Cl)cc2)cc(=O)n1CC(=O)CC1(C(=O)O)CCOCC1. The van der Waals surface area contributed by atoms with Crippen LogP contribution in [0.2, 0.25) is 5.02 Å². The topological polar surface area (TPSA) is 98.5 Å². The van der Waals surface area contributed by atoms with Crippen molar-refractivity contribution in [2.45, 2.75) is 58.4 Å². The van der Waals surface area contributed by atoms with Gasteiger partial charge in [0.2, 0.25) is 0 Å². The first-order valence-electron chi connectivity index (χ1n) is 11.0. The molecule has 8 heteroatoms. The van der Waals surface area contributed by atoms with Crippen LogP contribution in [-0.2, 0) is 27.3 Å². The standard InChI is InChI=1S/C24H29ClN2O5/c1-2-3-4-5-21-26-20(17-6-8-18(25)9-7-17)14-22(29)27(21)16-19(28)15-24(23(30)31)10-12-32-13-11-24/h6-9,14H,2-5,10-13,15-16H2,1H3,(H,30,31). The number of Topliss-reactive ketones (excluding diaryl/α,β-unsaturated/α-hetero) is 1. The highest BCUT2D eigenvalue weighted by molar-refractivity contribution is 6.30. The molecular formula is C24H29ClN2O5. The third-order valence-electron chi connectivity index (χ3n) is 6.00. The Morgan fingerprint density at radius 3 is 2.50 bits per heavy atom. The van der Waals surface area contributed by atoms with E-state index in [-0.39, 0.29) is 24.3 Å². The molecule has 1 aliphatic rings. The molecule has 2 heterocycles. The van der Waals surface area contributed by atoms with Crippen molar-refractivity contribution in [3.8, 4) is 11.3 Å². The van der Waals surface area contributed by atoms with Crippen molar-refractivity contribution in [2.75, 3.05) is 13.2 Å². The maximum absolute atomic E-state index is 13.0. The fourth-order valence-electron chi connectivity index (χ4n) is 4.05. The summed E-state index contributed by atoms with van der Waals surface area (Å²) in [5.41, 5.74) is -0.138. The first-order chi connectivity index (χ1) is 15.3. The fourth-order valence-corrected chi connectivity index (χ4v) is 4.18. The molecule has 0 spiro atoms. The zero-order valence-electron chi connectivity index (χ0n) is 18.3. The summed E-state index contributed by atoms with van der Waals surface area (Å²) < 4.78 is 6.68. The van der Waals surface area contributed by atoms with Gasteiger partial charge in [-0.3, -0.25) is 19.0 Å². The van der Waals surface area contributed by atoms with Gasteiger partial charge in [0.25, 0.3) is 5.56 Å². The number of carbonyl (C=O) groups is 2. The molecule has 1 aliphatic heterocycles. The Morgan fingerprint density at radius 1 is 1.19 bits per heavy atom. The molecule has 0 aliphatic carbocycles. The summed E-state index contributed by atoms with van der Waals surface area (Å²) in [4.78, 5) is 42.5. The molecule has 0 amide bonds. The predicted molar refractivity (Wildman–Crippen MR) is 122 cm³/mol. The smallest absolute Gasteiger partial charge is 0.310 e. The highest BCUT2D eigenvalue weighted by Crippen LogP contribution is 2.35. The van der Waals surface area contributed by atoms with E-state index < -0.39 is 11.4 Å². The lowest BCUT2D eigenvalue weighted by Crippen LogP contribution is -2.40. The molecule has 7 nitrogen and oxygen atoms in total. The van der Waals surface area contributed by atoms with Gasteiger partial charge in [0.05, 0.1) is 17.7 Å². The number of hydrogen-bond acceptors (Lipinski definition) is 5. The van der Waals surface area contributed by atoms with Crippen molar-refractivity contribution in [2.24, 2.45) is 5.41 Å². The van der Waals surface area contributed by atoms with Gasteiger partial charge in [0.1, 0.15) is 5.82 Å². The summed E-state index contributed by atoms with van der Waals surface area (Å²) in [7, 11) is 0. The number of carbonyl (C=O) groups excluding carboxylic acids is 1. The van der Waals surface area contributed by atoms with Gasteiger partial charge >= 0.3 is 5.97 Å². The lowest BCUT2D eigenvalue weighted by atomic mass is 9.76. The number of ketones is 1. The minimum Gasteiger partial charge on any atom is -0.481 e. The van der Waals surface area contributed by atoms with Crippen molar-refractivity contribution >= 4 is 23.4 Å². The molecule has 0 atom stereocenters. The van der Waals surface area contributed by atoms with Gasteiger partial charge in [-0.1, -0.05) is 43.5 Å². The van der Waals surface area contributed by atoms with Crippen LogP contribution in [0.25, 0.3) is 11.3 Å². The van der Waals surface area contributed by atoms with E-state index in [0.29, 0.717) is 49.0 Å². The molecule has 0 bridgehead atoms. The molecule has 0 radical (unpaired) electrons. The Bertz CT molecular complexity index is 1010. The first-order valence-corrected chi connectivity index (χ1v) is 11.4. The molecule has 172 valence electrons. The van der Waals surface area contributed by atoms with E-state index in [2.05, 4.69) is 11.9 Å². The number of aromatic nitrogens is 2. The predicted octanol–water partition coefficient (Wildman–Crippen LogP) is 4.14. The normalized spacial score (nSPS) is 15.4. The molecule has 0 saturated carbocycles. The third-order valence-corrected chi connectivity index (χ3v) is 6.26. The Morgan fingerprint density at radius 2 is 1.88 bits per heavy atom. The van der Waals surface area contributed by atoms with Gasteiger partial charge in [-0.05, 0) is 31.4 Å². The number of aliphatic carboxylic acids is 1. The van der Waals surface area contributed by atoms with Gasteiger partial charge in [0.15, 0.2) is 5.78 Å². The van der Waals surface area contributed by atoms with Crippen molar-refractivity contribution in [1.29, 1.82) is 0 Å². The highest BCUT2D eigenvalue weighted by atomic mass is 35.5. The van der Waals surface area contributed by atoms with Crippen LogP contribution in [0.1, 0.15) is 51.3 Å². The number of rotatable bonds is 10. The molecule has 3 rings (SSSR count). The Hall–Kier alpha value is -2.51. The van der Waals surface area contributed by atoms with E-state index in [0.717, 1.165) is 24.8 Å². The Kier molecular flexibility index (Phi) is 8.21. The minimum atomic E-state index is -1.13. The largest absolute Gasteiger partial charge is 0.481 e. The number of unbranched alkanes of at least 4 members (excludes halogenated alkanes) is 2. The van der Waals surface area contributed by atoms with Gasteiger partial charge in [-0.2, -0.15) is 0 Å². The lowest BCUT2D eigenvalue weighted by molar-refractivity contribution is -0.157. The summed E-state index contributed by atoms with van der Waals surface area (Å²) in [6.45, 7) is 2.55. The van der Waals surface area contributed by atoms with E-state index in [1.54, 1.807) is 24.3 Å². The molecule has 1 saturated heterocycles. The van der Waals surface area contributed by atoms with Crippen LogP contribution in [0.4, 0.5) is 0 Å². The second-order valence-electron chi connectivity index (χ2n) is 8.36. The number of hydrogen-bond donors (Lipinski definition) is 1. The summed E-state index contributed by atoms with van der Waals surface area (Å²) in [6.07, 6.45) is 3.87. The van der Waals surface area contributed by atoms with E-state index in [9.17, 15) is 19.5 Å². The van der Waals surface area contributed by atoms with Gasteiger partial charge < -0.3 is 9.84 Å². The maximum Gasteiger partial charge on any atom is 0.310 e. The summed E-state index contributed by atoms with van der Waals surface area (Å²) in [5.74, 6) is -0.726. The number of nitrogens with zero attached hydrogens (tertiary/aromatic N) is 2. The maximum atomic E-state index is 13.0. The number of halogens is 1. The zero-order valence-corrected chi connectivity index (χ0v) is 19.1. The van der Waals surface area contributed by atoms with Gasteiger partial charge in [-0.15, -0.1) is 0 Å². The number of aryl methyl sites for hydroxylation is 1. The van der Waals surface area contributed by atoms with Crippen molar-refractivity contribution in [1.82, 2.24) is 9.55 Å². The molecule has 2 aromatic rings. The van der Waals surface area contributed by atoms with E-state index in [1.807, 2.05) is 0 Å². The quantitative estimate of drug-likeness (QED) is 0.535. The zero-order chi connectivity index (χ0) is 23.1. The van der Waals surface area contributed by atoms with Crippen LogP contribution < -0.4 is 5.56 Å². The molecular weight excluding hydrogens is 432 g/mol. The average molecular weight is 461 g/mol. The average Bonchev–Trinajstić information content (AvgIpc) is 2.77. The first kappa shape index (κ1) is 24.1. The monoisotopic (exact) mass is 460 g/mol. The summed E-state index contributed by atoms with van der Waals surface area (Å²) in [6, 6.07) is 8.50. The molecule has 1 aromatic heterocycles. The van der Waals surface area contributed by atoms with Crippen molar-refractivity contribution in [3.63, 3.8) is 0 Å². The Balaban J connectivity index is 1.88. The van der Waals surface area contributed by atoms with E-state index >= 15 is 0 Å². The highest BCUT2D eigenvalue weighted by Gasteiger charge is 2.42. The second-order valence-corrected chi connectivity index (χ2v) is 8.80. The summed E-state index contributed by atoms with van der Waals surface area (Å²) >= 11 is 5.97. The Labute approximate surface area is 192 Å². The van der Waals surface area contributed by atoms with Crippen LogP contribution >= 0.6 is 11.6 Å². The number of benzene rings is 1. The number of ether oxygens (including phenoxy) is 1. The minimum absolute atomic E-state index is 0.120. The van der Waals surface area contributed by atoms with Crippen LogP contribution in [0.5, 0.6) is 0 Å². The lowest BCUT2D eigenvalue weighted by Gasteiger charge is -2.32. The molecule has 0 unspecified atom stereocenters. The van der Waals surface area contributed by atoms with Crippen LogP contribution in [-0.4, -0.2) is 39.6 Å². The third kappa shape index (κ3) is 5.84. The van der Waals surface area contributed by atoms with Crippen LogP contribution in [0, 0.1) is 5.41 Å². The molecule has 1 fully saturated rings. The second kappa shape index (κ2) is 10.9. The van der Waals surface area contributed by atoms with Crippen molar-refractivity contribution < 1.29 is 19.4 Å². The number of carboxylic acid groups (broad SMARTS) is 1. The number of carboxylic acids is 1. The van der Waals surface area contributed by atoms with E-state index in [4.69, 9.17) is 16.3 Å². The van der Waals surface area contributed by atoms with Crippen molar-refractivity contribution in [3.05, 3.63) is 51.5 Å². The fraction of sp³-hybridized carbons (Fsp3) is 0.500. The summed E-state index contributed by atoms with van der Waals surface area (Å²) in [5, 5.41) is 10.3. The van der Waals surface area contributed by atoms with Gasteiger partial charge in [-0.25, -0.2) is 4.98 Å². The van der Waals surface area contributed by atoms with Crippen LogP contribution in [0.3, 0.4) is 0 Å². The van der Waals surface area contributed by atoms with Crippen LogP contribution in [0.15, 0.2) is 35.1 Å².